The van der Waals surface area contributed by atoms with Gasteiger partial charge in [-0.3, -0.25) is 0 Å². The molecular formula is C13H13BrN2S2. The van der Waals surface area contributed by atoms with Crippen LogP contribution in [0, 0.1) is 0 Å². The Balaban J connectivity index is 2.02. The van der Waals surface area contributed by atoms with E-state index in [0.717, 1.165) is 28.7 Å². The van der Waals surface area contributed by atoms with E-state index >= 15 is 0 Å². The Hall–Kier alpha value is -0.910. The van der Waals surface area contributed by atoms with Gasteiger partial charge in [0.15, 0.2) is 0 Å². The van der Waals surface area contributed by atoms with E-state index in [4.69, 9.17) is 18.0 Å². The zero-order valence-corrected chi connectivity index (χ0v) is 12.9. The van der Waals surface area contributed by atoms with Gasteiger partial charge in [-0.25, -0.2) is 0 Å². The van der Waals surface area contributed by atoms with Crippen LogP contribution in [-0.2, 0) is 6.42 Å². The molecule has 0 amide bonds. The third-order valence-electron chi connectivity index (χ3n) is 2.56. The summed E-state index contributed by atoms with van der Waals surface area (Å²) in [6.07, 6.45) is 0.996. The van der Waals surface area contributed by atoms with E-state index < -0.39 is 0 Å². The Bertz CT molecular complexity index is 538. The molecule has 0 atom stereocenters. The molecule has 0 radical (unpaired) electrons. The van der Waals surface area contributed by atoms with Gasteiger partial charge < -0.3 is 11.1 Å². The van der Waals surface area contributed by atoms with E-state index in [1.54, 1.807) is 11.3 Å². The Labute approximate surface area is 124 Å². The minimum absolute atomic E-state index is 0.411. The van der Waals surface area contributed by atoms with Gasteiger partial charge in [0, 0.05) is 22.3 Å². The second-order valence-corrected chi connectivity index (χ2v) is 6.00. The molecule has 2 nitrogen and oxygen atoms in total. The summed E-state index contributed by atoms with van der Waals surface area (Å²) in [5, 5.41) is 7.63. The predicted molar refractivity (Wildman–Crippen MR) is 86.5 cm³/mol. The van der Waals surface area contributed by atoms with Crippen LogP contribution >= 0.6 is 39.5 Å². The number of halogens is 1. The third-order valence-corrected chi connectivity index (χ3v) is 4.00. The molecule has 1 aromatic carbocycles. The van der Waals surface area contributed by atoms with Crippen LogP contribution in [0.2, 0.25) is 0 Å². The van der Waals surface area contributed by atoms with E-state index in [1.807, 2.05) is 18.2 Å². The van der Waals surface area contributed by atoms with Crippen molar-refractivity contribution in [3.05, 3.63) is 50.6 Å². The SMILES string of the molecule is NC(=S)c1cc(Br)ccc1NCCc1ccsc1. The number of thiophene rings is 1. The van der Waals surface area contributed by atoms with Crippen molar-refractivity contribution >= 4 is 50.2 Å². The van der Waals surface area contributed by atoms with E-state index in [9.17, 15) is 0 Å². The van der Waals surface area contributed by atoms with Crippen molar-refractivity contribution in [2.75, 3.05) is 11.9 Å². The third kappa shape index (κ3) is 3.54. The van der Waals surface area contributed by atoms with Crippen molar-refractivity contribution in [2.45, 2.75) is 6.42 Å². The molecule has 0 saturated heterocycles. The topological polar surface area (TPSA) is 38.0 Å². The molecule has 0 aliphatic carbocycles. The molecule has 1 heterocycles. The molecule has 2 aromatic rings. The Morgan fingerprint density at radius 2 is 2.22 bits per heavy atom. The molecule has 5 heteroatoms. The highest BCUT2D eigenvalue weighted by atomic mass is 79.9. The van der Waals surface area contributed by atoms with Crippen LogP contribution in [0.4, 0.5) is 5.69 Å². The maximum Gasteiger partial charge on any atom is 0.106 e. The summed E-state index contributed by atoms with van der Waals surface area (Å²) in [6, 6.07) is 8.05. The summed E-state index contributed by atoms with van der Waals surface area (Å²) in [7, 11) is 0. The lowest BCUT2D eigenvalue weighted by Gasteiger charge is -2.11. The van der Waals surface area contributed by atoms with E-state index in [0.29, 0.717) is 4.99 Å². The Kier molecular flexibility index (Phi) is 4.74. The molecule has 1 aromatic heterocycles. The Morgan fingerprint density at radius 3 is 2.89 bits per heavy atom. The standard InChI is InChI=1S/C13H13BrN2S2/c14-10-1-2-12(11(7-10)13(15)17)16-5-3-9-4-6-18-8-9/h1-2,4,6-8,16H,3,5H2,(H2,15,17). The molecule has 0 fully saturated rings. The highest BCUT2D eigenvalue weighted by Crippen LogP contribution is 2.21. The van der Waals surface area contributed by atoms with Crippen molar-refractivity contribution in [1.82, 2.24) is 0 Å². The van der Waals surface area contributed by atoms with Gasteiger partial charge in [0.2, 0.25) is 0 Å². The molecule has 0 aliphatic rings. The molecule has 94 valence electrons. The molecule has 0 saturated carbocycles. The largest absolute Gasteiger partial charge is 0.389 e. The van der Waals surface area contributed by atoms with Crippen molar-refractivity contribution in [2.24, 2.45) is 5.73 Å². The second kappa shape index (κ2) is 6.31. The van der Waals surface area contributed by atoms with Gasteiger partial charge in [-0.2, -0.15) is 11.3 Å². The zero-order chi connectivity index (χ0) is 13.0. The summed E-state index contributed by atoms with van der Waals surface area (Å²) in [6.45, 7) is 0.869. The lowest BCUT2D eigenvalue weighted by molar-refractivity contribution is 1.03. The van der Waals surface area contributed by atoms with Gasteiger partial charge in [0.25, 0.3) is 0 Å². The molecule has 3 N–H and O–H groups in total. The molecule has 0 spiro atoms. The van der Waals surface area contributed by atoms with Gasteiger partial charge in [0.1, 0.15) is 4.99 Å². The van der Waals surface area contributed by atoms with Crippen LogP contribution in [0.25, 0.3) is 0 Å². The molecule has 0 unspecified atom stereocenters. The van der Waals surface area contributed by atoms with Crippen LogP contribution in [0.15, 0.2) is 39.5 Å². The van der Waals surface area contributed by atoms with Crippen molar-refractivity contribution < 1.29 is 0 Å². The number of rotatable bonds is 5. The average Bonchev–Trinajstić information content (AvgIpc) is 2.84. The summed E-state index contributed by atoms with van der Waals surface area (Å²) < 4.78 is 0.980. The first-order valence-corrected chi connectivity index (χ1v) is 7.65. The van der Waals surface area contributed by atoms with Gasteiger partial charge >= 0.3 is 0 Å². The maximum absolute atomic E-state index is 5.72. The fourth-order valence-corrected chi connectivity index (χ4v) is 2.88. The van der Waals surface area contributed by atoms with Crippen LogP contribution in [0.5, 0.6) is 0 Å². The molecular weight excluding hydrogens is 328 g/mol. The van der Waals surface area contributed by atoms with Gasteiger partial charge in [-0.05, 0) is 47.0 Å². The number of hydrogen-bond donors (Lipinski definition) is 2. The van der Waals surface area contributed by atoms with Crippen molar-refractivity contribution in [3.63, 3.8) is 0 Å². The van der Waals surface area contributed by atoms with Crippen LogP contribution in [0.3, 0.4) is 0 Å². The number of anilines is 1. The van der Waals surface area contributed by atoms with Crippen molar-refractivity contribution in [3.8, 4) is 0 Å². The smallest absolute Gasteiger partial charge is 0.106 e. The molecule has 18 heavy (non-hydrogen) atoms. The number of nitrogens with one attached hydrogen (secondary N) is 1. The van der Waals surface area contributed by atoms with Crippen LogP contribution in [0.1, 0.15) is 11.1 Å². The van der Waals surface area contributed by atoms with Crippen molar-refractivity contribution in [1.29, 1.82) is 0 Å². The first-order valence-electron chi connectivity index (χ1n) is 5.51. The quantitative estimate of drug-likeness (QED) is 0.813. The lowest BCUT2D eigenvalue weighted by atomic mass is 10.1. The minimum Gasteiger partial charge on any atom is -0.389 e. The minimum atomic E-state index is 0.411. The fraction of sp³-hybridized carbons (Fsp3) is 0.154. The van der Waals surface area contributed by atoms with E-state index in [-0.39, 0.29) is 0 Å². The summed E-state index contributed by atoms with van der Waals surface area (Å²) >= 11 is 10.2. The van der Waals surface area contributed by atoms with Gasteiger partial charge in [-0.1, -0.05) is 28.1 Å². The second-order valence-electron chi connectivity index (χ2n) is 3.86. The first kappa shape index (κ1) is 13.5. The van der Waals surface area contributed by atoms with E-state index in [2.05, 4.69) is 38.1 Å². The summed E-state index contributed by atoms with van der Waals surface area (Å²) in [5.41, 5.74) is 8.94. The fourth-order valence-electron chi connectivity index (χ4n) is 1.65. The van der Waals surface area contributed by atoms with E-state index in [1.165, 1.54) is 5.56 Å². The summed E-state index contributed by atoms with van der Waals surface area (Å²) in [4.78, 5) is 0.411. The maximum atomic E-state index is 5.72. The van der Waals surface area contributed by atoms with Gasteiger partial charge in [0.05, 0.1) is 0 Å². The van der Waals surface area contributed by atoms with Crippen LogP contribution < -0.4 is 11.1 Å². The average molecular weight is 341 g/mol. The predicted octanol–water partition coefficient (Wildman–Crippen LogP) is 3.80. The zero-order valence-electron chi connectivity index (χ0n) is 9.65. The normalized spacial score (nSPS) is 10.3. The molecule has 0 aliphatic heterocycles. The Morgan fingerprint density at radius 1 is 1.39 bits per heavy atom. The number of thiocarbonyl (C=S) groups is 1. The monoisotopic (exact) mass is 340 g/mol. The highest BCUT2D eigenvalue weighted by Gasteiger charge is 2.05. The number of hydrogen-bond acceptors (Lipinski definition) is 3. The number of benzene rings is 1. The molecule has 0 bridgehead atoms. The van der Waals surface area contributed by atoms with Crippen LogP contribution in [-0.4, -0.2) is 11.5 Å². The highest BCUT2D eigenvalue weighted by molar-refractivity contribution is 9.10. The number of nitrogens with two attached hydrogens (primary N) is 1. The molecule has 2 rings (SSSR count). The summed E-state index contributed by atoms with van der Waals surface area (Å²) in [5.74, 6) is 0. The first-order chi connectivity index (χ1) is 8.66. The lowest BCUT2D eigenvalue weighted by Crippen LogP contribution is -2.14. The van der Waals surface area contributed by atoms with Gasteiger partial charge in [-0.15, -0.1) is 0 Å².